The van der Waals surface area contributed by atoms with Gasteiger partial charge in [-0.3, -0.25) is 9.89 Å². The van der Waals surface area contributed by atoms with Crippen molar-refractivity contribution in [3.05, 3.63) is 36.0 Å². The zero-order chi connectivity index (χ0) is 15.4. The topological polar surface area (TPSA) is 96.5 Å². The van der Waals surface area contributed by atoms with Crippen LogP contribution in [0.1, 0.15) is 10.5 Å². The minimum Gasteiger partial charge on any atom is -0.508 e. The van der Waals surface area contributed by atoms with Crippen LogP contribution >= 0.6 is 0 Å². The van der Waals surface area contributed by atoms with Gasteiger partial charge in [0.15, 0.2) is 0 Å². The average molecular weight is 303 g/mol. The van der Waals surface area contributed by atoms with Gasteiger partial charge in [-0.05, 0) is 30.3 Å². The molecule has 1 aromatic heterocycles. The summed E-state index contributed by atoms with van der Waals surface area (Å²) in [5.41, 5.74) is 1.83. The highest BCUT2D eigenvalue weighted by Gasteiger charge is 2.17. The number of nitrogens with zero attached hydrogens (tertiary/aromatic N) is 1. The molecule has 0 saturated carbocycles. The first-order chi connectivity index (χ1) is 10.7. The van der Waals surface area contributed by atoms with Crippen molar-refractivity contribution in [3.8, 4) is 17.0 Å². The maximum absolute atomic E-state index is 12.1. The fourth-order valence-corrected chi connectivity index (χ4v) is 2.17. The molecule has 1 fully saturated rings. The van der Waals surface area contributed by atoms with Crippen molar-refractivity contribution in [3.63, 3.8) is 0 Å². The Bertz CT molecular complexity index is 632. The van der Waals surface area contributed by atoms with Crippen LogP contribution in [0.5, 0.6) is 5.75 Å². The van der Waals surface area contributed by atoms with Crippen molar-refractivity contribution in [2.45, 2.75) is 6.10 Å². The highest BCUT2D eigenvalue weighted by molar-refractivity contribution is 5.93. The van der Waals surface area contributed by atoms with Gasteiger partial charge < -0.3 is 19.9 Å². The van der Waals surface area contributed by atoms with Gasteiger partial charge in [0.25, 0.3) is 5.91 Å². The van der Waals surface area contributed by atoms with E-state index in [0.717, 1.165) is 5.56 Å². The summed E-state index contributed by atoms with van der Waals surface area (Å²) in [5, 5.41) is 18.9. The largest absolute Gasteiger partial charge is 0.508 e. The highest BCUT2D eigenvalue weighted by Crippen LogP contribution is 2.20. The Morgan fingerprint density at radius 1 is 1.36 bits per heavy atom. The summed E-state index contributed by atoms with van der Waals surface area (Å²) in [4.78, 5) is 12.1. The van der Waals surface area contributed by atoms with E-state index in [-0.39, 0.29) is 17.8 Å². The number of hydrogen-bond donors (Lipinski definition) is 3. The number of amides is 1. The van der Waals surface area contributed by atoms with E-state index in [1.165, 1.54) is 0 Å². The molecule has 2 aromatic rings. The van der Waals surface area contributed by atoms with Gasteiger partial charge in [-0.1, -0.05) is 0 Å². The number of rotatable bonds is 4. The summed E-state index contributed by atoms with van der Waals surface area (Å²) in [6, 6.07) is 8.29. The molecule has 1 amide bonds. The Kier molecular flexibility index (Phi) is 4.36. The van der Waals surface area contributed by atoms with Gasteiger partial charge in [0.2, 0.25) is 0 Å². The van der Waals surface area contributed by atoms with Crippen molar-refractivity contribution in [2.24, 2.45) is 0 Å². The first-order valence-electron chi connectivity index (χ1n) is 7.05. The lowest BCUT2D eigenvalue weighted by atomic mass is 10.1. The number of benzene rings is 1. The van der Waals surface area contributed by atoms with E-state index >= 15 is 0 Å². The molecule has 116 valence electrons. The molecule has 3 rings (SSSR count). The van der Waals surface area contributed by atoms with E-state index in [2.05, 4.69) is 15.5 Å². The van der Waals surface area contributed by atoms with Gasteiger partial charge in [-0.2, -0.15) is 5.10 Å². The molecule has 0 radical (unpaired) electrons. The summed E-state index contributed by atoms with van der Waals surface area (Å²) in [6.07, 6.45) is -0.114. The third kappa shape index (κ3) is 3.44. The fraction of sp³-hybridized carbons (Fsp3) is 0.333. The molecule has 1 aliphatic rings. The number of carbonyl (C=O) groups excluding carboxylic acids is 1. The van der Waals surface area contributed by atoms with Gasteiger partial charge >= 0.3 is 0 Å². The second-order valence-electron chi connectivity index (χ2n) is 4.99. The molecular formula is C15H17N3O4. The van der Waals surface area contributed by atoms with Crippen LogP contribution in [0.3, 0.4) is 0 Å². The van der Waals surface area contributed by atoms with Crippen LogP contribution in [-0.4, -0.2) is 53.7 Å². The number of nitrogens with one attached hydrogen (secondary N) is 2. The number of carbonyl (C=O) groups is 1. The molecule has 22 heavy (non-hydrogen) atoms. The lowest BCUT2D eigenvalue weighted by molar-refractivity contribution is -0.0855. The van der Waals surface area contributed by atoms with E-state index in [9.17, 15) is 9.90 Å². The van der Waals surface area contributed by atoms with Crippen LogP contribution in [0.2, 0.25) is 0 Å². The Hall–Kier alpha value is -2.38. The Labute approximate surface area is 127 Å². The van der Waals surface area contributed by atoms with E-state index in [4.69, 9.17) is 9.47 Å². The molecule has 0 aliphatic carbocycles. The molecule has 1 aromatic carbocycles. The second kappa shape index (κ2) is 6.59. The number of phenolic OH excluding ortho intramolecular Hbond substituents is 1. The van der Waals surface area contributed by atoms with Crippen molar-refractivity contribution in [2.75, 3.05) is 26.4 Å². The summed E-state index contributed by atoms with van der Waals surface area (Å²) in [5.74, 6) is -0.0568. The number of aromatic nitrogens is 2. The molecule has 0 bridgehead atoms. The van der Waals surface area contributed by atoms with Crippen LogP contribution in [0.15, 0.2) is 30.3 Å². The first kappa shape index (κ1) is 14.6. The van der Waals surface area contributed by atoms with Crippen LogP contribution in [0, 0.1) is 0 Å². The van der Waals surface area contributed by atoms with Crippen LogP contribution in [0.4, 0.5) is 0 Å². The summed E-state index contributed by atoms with van der Waals surface area (Å²) < 4.78 is 10.7. The normalized spacial score (nSPS) is 18.1. The monoisotopic (exact) mass is 303 g/mol. The SMILES string of the molecule is O=C(NC[C@H]1COCCO1)c1cc(-c2ccc(O)cc2)n[nH]1. The zero-order valence-corrected chi connectivity index (χ0v) is 11.9. The van der Waals surface area contributed by atoms with Crippen molar-refractivity contribution in [1.82, 2.24) is 15.5 Å². The lowest BCUT2D eigenvalue weighted by Crippen LogP contribution is -2.39. The molecular weight excluding hydrogens is 286 g/mol. The molecule has 0 spiro atoms. The predicted octanol–water partition coefficient (Wildman–Crippen LogP) is 0.927. The van der Waals surface area contributed by atoms with Gasteiger partial charge in [0.05, 0.1) is 31.6 Å². The summed E-state index contributed by atoms with van der Waals surface area (Å²) in [7, 11) is 0. The lowest BCUT2D eigenvalue weighted by Gasteiger charge is -2.22. The number of ether oxygens (including phenoxy) is 2. The van der Waals surface area contributed by atoms with Crippen LogP contribution < -0.4 is 5.32 Å². The molecule has 1 atom stereocenters. The second-order valence-corrected chi connectivity index (χ2v) is 4.99. The number of phenols is 1. The smallest absolute Gasteiger partial charge is 0.269 e. The third-order valence-electron chi connectivity index (χ3n) is 3.36. The number of H-pyrrole nitrogens is 1. The fourth-order valence-electron chi connectivity index (χ4n) is 2.17. The molecule has 7 nitrogen and oxygen atoms in total. The summed E-state index contributed by atoms with van der Waals surface area (Å²) >= 11 is 0. The van der Waals surface area contributed by atoms with Crippen molar-refractivity contribution in [1.29, 1.82) is 0 Å². The van der Waals surface area contributed by atoms with E-state index in [1.54, 1.807) is 30.3 Å². The van der Waals surface area contributed by atoms with Gasteiger partial charge in [-0.25, -0.2) is 0 Å². The van der Waals surface area contributed by atoms with E-state index < -0.39 is 0 Å². The number of hydrogen-bond acceptors (Lipinski definition) is 5. The quantitative estimate of drug-likeness (QED) is 0.780. The Balaban J connectivity index is 1.60. The number of aromatic hydroxyl groups is 1. The van der Waals surface area contributed by atoms with E-state index in [0.29, 0.717) is 37.8 Å². The standard InChI is InChI=1S/C15H17N3O4/c19-11-3-1-10(2-4-11)13-7-14(18-17-13)15(20)16-8-12-9-21-5-6-22-12/h1-4,7,12,19H,5-6,8-9H2,(H,16,20)(H,17,18)/t12-/m0/s1. The molecule has 3 N–H and O–H groups in total. The molecule has 7 heteroatoms. The molecule has 1 aliphatic heterocycles. The van der Waals surface area contributed by atoms with Gasteiger partial charge in [0.1, 0.15) is 11.4 Å². The predicted molar refractivity (Wildman–Crippen MR) is 78.6 cm³/mol. The van der Waals surface area contributed by atoms with Crippen LogP contribution in [-0.2, 0) is 9.47 Å². The first-order valence-corrected chi connectivity index (χ1v) is 7.05. The Morgan fingerprint density at radius 2 is 2.18 bits per heavy atom. The van der Waals surface area contributed by atoms with Gasteiger partial charge in [0, 0.05) is 12.1 Å². The molecule has 2 heterocycles. The maximum Gasteiger partial charge on any atom is 0.269 e. The van der Waals surface area contributed by atoms with Crippen LogP contribution in [0.25, 0.3) is 11.3 Å². The highest BCUT2D eigenvalue weighted by atomic mass is 16.6. The third-order valence-corrected chi connectivity index (χ3v) is 3.36. The molecule has 0 unspecified atom stereocenters. The molecule has 1 saturated heterocycles. The average Bonchev–Trinajstić information content (AvgIpc) is 3.04. The zero-order valence-electron chi connectivity index (χ0n) is 11.9. The van der Waals surface area contributed by atoms with Gasteiger partial charge in [-0.15, -0.1) is 0 Å². The minimum atomic E-state index is -0.244. The minimum absolute atomic E-state index is 0.114. The number of aromatic amines is 1. The Morgan fingerprint density at radius 3 is 2.91 bits per heavy atom. The van der Waals surface area contributed by atoms with E-state index in [1.807, 2.05) is 0 Å². The van der Waals surface area contributed by atoms with Crippen molar-refractivity contribution < 1.29 is 19.4 Å². The summed E-state index contributed by atoms with van der Waals surface area (Å²) in [6.45, 7) is 2.03. The van der Waals surface area contributed by atoms with Crippen molar-refractivity contribution >= 4 is 5.91 Å². The maximum atomic E-state index is 12.1.